The van der Waals surface area contributed by atoms with Crippen molar-refractivity contribution in [2.24, 2.45) is 0 Å². The van der Waals surface area contributed by atoms with Crippen molar-refractivity contribution in [3.8, 4) is 33.6 Å². The van der Waals surface area contributed by atoms with Crippen LogP contribution in [0.4, 0.5) is 10.1 Å². The number of benzene rings is 3. The number of carbonyl (C=O) groups excluding carboxylic acids is 1. The number of aromatic nitrogens is 4. The first-order chi connectivity index (χ1) is 18.5. The van der Waals surface area contributed by atoms with Crippen LogP contribution >= 0.6 is 0 Å². The van der Waals surface area contributed by atoms with Gasteiger partial charge in [0.25, 0.3) is 0 Å². The Kier molecular flexibility index (Phi) is 5.96. The number of aromatic amines is 2. The highest BCUT2D eigenvalue weighted by molar-refractivity contribution is 6.02. The predicted octanol–water partition coefficient (Wildman–Crippen LogP) is 7.63. The minimum absolute atomic E-state index is 0.0226. The molecule has 0 saturated heterocycles. The lowest BCUT2D eigenvalue weighted by Crippen LogP contribution is -2.10. The molecule has 188 valence electrons. The van der Waals surface area contributed by atoms with E-state index in [2.05, 4.69) is 37.6 Å². The molecule has 6 aromatic rings. The maximum atomic E-state index is 14.2. The average Bonchev–Trinajstić information content (AvgIpc) is 3.52. The Morgan fingerprint density at radius 2 is 1.82 bits per heavy atom. The molecule has 3 heterocycles. The van der Waals surface area contributed by atoms with Crippen LogP contribution in [0.25, 0.3) is 55.4 Å². The zero-order valence-electron chi connectivity index (χ0n) is 21.1. The SMILES string of the molecule is CCCC(=O)Nc1cncc(-c2ccc3[nH]nc(-c4cc5c(-c6cc(C)cc(F)c6)cccc5[nH]4)c3c2)c1. The lowest BCUT2D eigenvalue weighted by atomic mass is 9.99. The van der Waals surface area contributed by atoms with Crippen LogP contribution in [-0.4, -0.2) is 26.1 Å². The van der Waals surface area contributed by atoms with Crippen molar-refractivity contribution in [1.82, 2.24) is 20.2 Å². The van der Waals surface area contributed by atoms with E-state index in [0.29, 0.717) is 12.1 Å². The maximum absolute atomic E-state index is 14.2. The third-order valence-electron chi connectivity index (χ3n) is 6.67. The number of anilines is 1. The van der Waals surface area contributed by atoms with Crippen LogP contribution in [0.2, 0.25) is 0 Å². The number of H-pyrrole nitrogens is 2. The van der Waals surface area contributed by atoms with Gasteiger partial charge in [-0.1, -0.05) is 31.2 Å². The number of rotatable bonds is 6. The maximum Gasteiger partial charge on any atom is 0.224 e. The summed E-state index contributed by atoms with van der Waals surface area (Å²) in [6, 6.07) is 21.2. The van der Waals surface area contributed by atoms with E-state index in [-0.39, 0.29) is 11.7 Å². The number of nitrogens with zero attached hydrogens (tertiary/aromatic N) is 2. The average molecular weight is 504 g/mol. The molecule has 0 spiro atoms. The van der Waals surface area contributed by atoms with Crippen LogP contribution < -0.4 is 5.32 Å². The van der Waals surface area contributed by atoms with Crippen molar-refractivity contribution in [2.75, 3.05) is 5.32 Å². The Morgan fingerprint density at radius 3 is 2.66 bits per heavy atom. The van der Waals surface area contributed by atoms with E-state index in [1.165, 1.54) is 6.07 Å². The smallest absolute Gasteiger partial charge is 0.224 e. The van der Waals surface area contributed by atoms with Crippen LogP contribution in [0.15, 0.2) is 79.1 Å². The molecule has 38 heavy (non-hydrogen) atoms. The van der Waals surface area contributed by atoms with E-state index < -0.39 is 0 Å². The van der Waals surface area contributed by atoms with Gasteiger partial charge in [-0.3, -0.25) is 14.9 Å². The fourth-order valence-corrected chi connectivity index (χ4v) is 4.94. The molecule has 0 unspecified atom stereocenters. The molecule has 0 aliphatic heterocycles. The second-order valence-electron chi connectivity index (χ2n) is 9.56. The second-order valence-corrected chi connectivity index (χ2v) is 9.56. The summed E-state index contributed by atoms with van der Waals surface area (Å²) in [4.78, 5) is 19.9. The Labute approximate surface area is 218 Å². The van der Waals surface area contributed by atoms with Gasteiger partial charge in [0.15, 0.2) is 0 Å². The predicted molar refractivity (Wildman–Crippen MR) is 150 cm³/mol. The summed E-state index contributed by atoms with van der Waals surface area (Å²) in [5.41, 5.74) is 8.72. The zero-order valence-corrected chi connectivity index (χ0v) is 21.1. The van der Waals surface area contributed by atoms with E-state index in [9.17, 15) is 9.18 Å². The number of pyridine rings is 1. The van der Waals surface area contributed by atoms with Crippen molar-refractivity contribution in [2.45, 2.75) is 26.7 Å². The number of hydrogen-bond acceptors (Lipinski definition) is 3. The van der Waals surface area contributed by atoms with E-state index in [1.54, 1.807) is 18.5 Å². The lowest BCUT2D eigenvalue weighted by Gasteiger charge is -2.07. The first-order valence-corrected chi connectivity index (χ1v) is 12.6. The van der Waals surface area contributed by atoms with Gasteiger partial charge in [-0.2, -0.15) is 5.10 Å². The van der Waals surface area contributed by atoms with Crippen LogP contribution in [0, 0.1) is 12.7 Å². The minimum atomic E-state index is -0.248. The van der Waals surface area contributed by atoms with Gasteiger partial charge < -0.3 is 10.3 Å². The van der Waals surface area contributed by atoms with Crippen LogP contribution in [0.5, 0.6) is 0 Å². The minimum Gasteiger partial charge on any atom is -0.353 e. The molecule has 0 saturated carbocycles. The summed E-state index contributed by atoms with van der Waals surface area (Å²) in [6.07, 6.45) is 4.70. The highest BCUT2D eigenvalue weighted by atomic mass is 19.1. The van der Waals surface area contributed by atoms with Crippen molar-refractivity contribution in [1.29, 1.82) is 0 Å². The Balaban J connectivity index is 1.41. The number of hydrogen-bond donors (Lipinski definition) is 3. The quantitative estimate of drug-likeness (QED) is 0.218. The van der Waals surface area contributed by atoms with Gasteiger partial charge in [-0.05, 0) is 78.1 Å². The topological polar surface area (TPSA) is 86.5 Å². The van der Waals surface area contributed by atoms with Crippen molar-refractivity contribution >= 4 is 33.4 Å². The number of amides is 1. The molecule has 7 heteroatoms. The first kappa shape index (κ1) is 23.6. The molecule has 3 aromatic carbocycles. The molecule has 0 fully saturated rings. The summed E-state index contributed by atoms with van der Waals surface area (Å²) < 4.78 is 14.2. The largest absolute Gasteiger partial charge is 0.353 e. The number of halogens is 1. The summed E-state index contributed by atoms with van der Waals surface area (Å²) in [5, 5.41) is 12.6. The molecular formula is C31H26FN5O. The van der Waals surface area contributed by atoms with Gasteiger partial charge in [-0.15, -0.1) is 0 Å². The third kappa shape index (κ3) is 4.43. The molecule has 6 nitrogen and oxygen atoms in total. The fraction of sp³-hybridized carbons (Fsp3) is 0.129. The molecule has 0 aliphatic rings. The lowest BCUT2D eigenvalue weighted by molar-refractivity contribution is -0.116. The van der Waals surface area contributed by atoms with Gasteiger partial charge >= 0.3 is 0 Å². The Hall–Kier alpha value is -4.78. The molecule has 0 radical (unpaired) electrons. The molecule has 3 N–H and O–H groups in total. The Bertz CT molecular complexity index is 1800. The molecular weight excluding hydrogens is 477 g/mol. The van der Waals surface area contributed by atoms with E-state index in [0.717, 1.165) is 67.4 Å². The highest BCUT2D eigenvalue weighted by Gasteiger charge is 2.15. The van der Waals surface area contributed by atoms with Gasteiger partial charge in [0.2, 0.25) is 5.91 Å². The molecule has 0 aliphatic carbocycles. The van der Waals surface area contributed by atoms with Crippen LogP contribution in [-0.2, 0) is 4.79 Å². The summed E-state index contributed by atoms with van der Waals surface area (Å²) in [6.45, 7) is 3.87. The summed E-state index contributed by atoms with van der Waals surface area (Å²) >= 11 is 0. The fourth-order valence-electron chi connectivity index (χ4n) is 4.94. The second kappa shape index (κ2) is 9.59. The van der Waals surface area contributed by atoms with Gasteiger partial charge in [0.05, 0.1) is 23.1 Å². The first-order valence-electron chi connectivity index (χ1n) is 12.6. The van der Waals surface area contributed by atoms with E-state index in [4.69, 9.17) is 0 Å². The molecule has 0 bridgehead atoms. The third-order valence-corrected chi connectivity index (χ3v) is 6.67. The number of aryl methyl sites for hydroxylation is 1. The van der Waals surface area contributed by atoms with Crippen LogP contribution in [0.3, 0.4) is 0 Å². The number of fused-ring (bicyclic) bond motifs is 2. The monoisotopic (exact) mass is 503 g/mol. The normalized spacial score (nSPS) is 11.3. The van der Waals surface area contributed by atoms with Gasteiger partial charge in [0, 0.05) is 34.5 Å². The summed E-state index contributed by atoms with van der Waals surface area (Å²) in [7, 11) is 0. The number of carbonyl (C=O) groups is 1. The molecule has 0 atom stereocenters. The van der Waals surface area contributed by atoms with Crippen molar-refractivity contribution < 1.29 is 9.18 Å². The standard InChI is InChI=1S/C31H26FN5O/c1-3-5-30(38)34-23-13-21(16-33-17-23)19-8-9-28-26(14-19)31(37-36-28)29-15-25-24(6-4-7-27(25)35-29)20-10-18(2)11-22(32)12-20/h4,6-17,35H,3,5H2,1-2H3,(H,34,38)(H,36,37). The van der Waals surface area contributed by atoms with Crippen molar-refractivity contribution in [3.05, 3.63) is 90.5 Å². The molecule has 1 amide bonds. The highest BCUT2D eigenvalue weighted by Crippen LogP contribution is 2.36. The van der Waals surface area contributed by atoms with E-state index >= 15 is 0 Å². The number of nitrogens with one attached hydrogen (secondary N) is 3. The van der Waals surface area contributed by atoms with Crippen LogP contribution in [0.1, 0.15) is 25.3 Å². The van der Waals surface area contributed by atoms with Crippen molar-refractivity contribution in [3.63, 3.8) is 0 Å². The van der Waals surface area contributed by atoms with Gasteiger partial charge in [0.1, 0.15) is 11.5 Å². The zero-order chi connectivity index (χ0) is 26.2. The Morgan fingerprint density at radius 1 is 0.921 bits per heavy atom. The summed E-state index contributed by atoms with van der Waals surface area (Å²) in [5.74, 6) is -0.271. The van der Waals surface area contributed by atoms with Gasteiger partial charge in [-0.25, -0.2) is 4.39 Å². The van der Waals surface area contributed by atoms with E-state index in [1.807, 2.05) is 56.3 Å². The molecule has 6 rings (SSSR count). The molecule has 3 aromatic heterocycles.